The van der Waals surface area contributed by atoms with Crippen LogP contribution in [0.3, 0.4) is 0 Å². The van der Waals surface area contributed by atoms with Crippen molar-refractivity contribution in [3.8, 4) is 0 Å². The zero-order chi connectivity index (χ0) is 14.8. The molecule has 0 aliphatic heterocycles. The molecule has 0 radical (unpaired) electrons. The first-order chi connectivity index (χ1) is 9.38. The molecule has 6 heteroatoms. The van der Waals surface area contributed by atoms with E-state index >= 15 is 0 Å². The molecular weight excluding hydrogens is 284 g/mol. The van der Waals surface area contributed by atoms with Gasteiger partial charge in [-0.3, -0.25) is 0 Å². The van der Waals surface area contributed by atoms with E-state index in [1.807, 2.05) is 19.1 Å². The molecule has 0 aliphatic rings. The van der Waals surface area contributed by atoms with Crippen molar-refractivity contribution >= 4 is 10.0 Å². The third-order valence-electron chi connectivity index (χ3n) is 2.73. The fraction of sp³-hybridized carbons (Fsp3) is 0.143. The maximum Gasteiger partial charge on any atom is 0.243 e. The normalized spacial score (nSPS) is 11.6. The first kappa shape index (κ1) is 14.6. The van der Waals surface area contributed by atoms with E-state index in [1.165, 1.54) is 0 Å². The van der Waals surface area contributed by atoms with E-state index in [9.17, 15) is 17.2 Å². The Kier molecular flexibility index (Phi) is 4.15. The highest BCUT2D eigenvalue weighted by Crippen LogP contribution is 2.16. The molecule has 0 aliphatic carbocycles. The summed E-state index contributed by atoms with van der Waals surface area (Å²) in [7, 11) is -4.09. The van der Waals surface area contributed by atoms with Crippen LogP contribution in [0.2, 0.25) is 0 Å². The van der Waals surface area contributed by atoms with Gasteiger partial charge in [0.05, 0.1) is 0 Å². The molecule has 0 saturated carbocycles. The first-order valence-electron chi connectivity index (χ1n) is 5.89. The van der Waals surface area contributed by atoms with Crippen LogP contribution in [0, 0.1) is 18.6 Å². The first-order valence-corrected chi connectivity index (χ1v) is 7.37. The van der Waals surface area contributed by atoms with Crippen molar-refractivity contribution in [2.75, 3.05) is 0 Å². The smallest absolute Gasteiger partial charge is 0.207 e. The molecular formula is C14H13F2NO2S. The second kappa shape index (κ2) is 5.68. The topological polar surface area (TPSA) is 46.2 Å². The molecule has 106 valence electrons. The van der Waals surface area contributed by atoms with Crippen LogP contribution in [0.1, 0.15) is 11.1 Å². The van der Waals surface area contributed by atoms with Gasteiger partial charge >= 0.3 is 0 Å². The number of rotatable bonds is 4. The molecule has 0 saturated heterocycles. The lowest BCUT2D eigenvalue weighted by molar-refractivity contribution is 0.545. The van der Waals surface area contributed by atoms with Gasteiger partial charge in [0, 0.05) is 6.54 Å². The van der Waals surface area contributed by atoms with Gasteiger partial charge < -0.3 is 0 Å². The SMILES string of the molecule is Cc1cccc(CNS(=O)(=O)c2cc(F)ccc2F)c1. The summed E-state index contributed by atoms with van der Waals surface area (Å²) in [6.07, 6.45) is 0. The van der Waals surface area contributed by atoms with E-state index in [-0.39, 0.29) is 6.54 Å². The summed E-state index contributed by atoms with van der Waals surface area (Å²) in [6, 6.07) is 9.55. The average molecular weight is 297 g/mol. The van der Waals surface area contributed by atoms with Crippen LogP contribution in [0.25, 0.3) is 0 Å². The molecule has 0 unspecified atom stereocenters. The molecule has 0 amide bonds. The quantitative estimate of drug-likeness (QED) is 0.943. The lowest BCUT2D eigenvalue weighted by Gasteiger charge is -2.08. The zero-order valence-electron chi connectivity index (χ0n) is 10.7. The molecule has 2 rings (SSSR count). The Hall–Kier alpha value is -1.79. The Labute approximate surface area is 116 Å². The Morgan fingerprint density at radius 1 is 1.10 bits per heavy atom. The van der Waals surface area contributed by atoms with E-state index in [1.54, 1.807) is 12.1 Å². The summed E-state index contributed by atoms with van der Waals surface area (Å²) in [4.78, 5) is -0.690. The Morgan fingerprint density at radius 2 is 1.85 bits per heavy atom. The second-order valence-corrected chi connectivity index (χ2v) is 6.12. The van der Waals surface area contributed by atoms with Gasteiger partial charge in [0.1, 0.15) is 16.5 Å². The minimum absolute atomic E-state index is 0.0139. The summed E-state index contributed by atoms with van der Waals surface area (Å²) in [5.41, 5.74) is 1.73. The zero-order valence-corrected chi connectivity index (χ0v) is 11.5. The van der Waals surface area contributed by atoms with Crippen LogP contribution < -0.4 is 4.72 Å². The minimum Gasteiger partial charge on any atom is -0.207 e. The molecule has 0 spiro atoms. The van der Waals surface area contributed by atoms with Crippen molar-refractivity contribution in [2.24, 2.45) is 0 Å². The van der Waals surface area contributed by atoms with Gasteiger partial charge in [-0.2, -0.15) is 0 Å². The molecule has 0 atom stereocenters. The Bertz CT molecular complexity index is 730. The second-order valence-electron chi connectivity index (χ2n) is 4.39. The van der Waals surface area contributed by atoms with Crippen molar-refractivity contribution in [2.45, 2.75) is 18.4 Å². The van der Waals surface area contributed by atoms with Crippen molar-refractivity contribution in [3.63, 3.8) is 0 Å². The summed E-state index contributed by atoms with van der Waals surface area (Å²) >= 11 is 0. The van der Waals surface area contributed by atoms with Gasteiger partial charge in [-0.25, -0.2) is 21.9 Å². The Balaban J connectivity index is 2.21. The molecule has 20 heavy (non-hydrogen) atoms. The third-order valence-corrected chi connectivity index (χ3v) is 4.15. The average Bonchev–Trinajstić information content (AvgIpc) is 2.39. The summed E-state index contributed by atoms with van der Waals surface area (Å²) in [6.45, 7) is 1.89. The number of nitrogens with one attached hydrogen (secondary N) is 1. The lowest BCUT2D eigenvalue weighted by atomic mass is 10.1. The maximum absolute atomic E-state index is 13.5. The highest BCUT2D eigenvalue weighted by Gasteiger charge is 2.19. The minimum atomic E-state index is -4.09. The summed E-state index contributed by atoms with van der Waals surface area (Å²) in [5, 5.41) is 0. The molecule has 0 fully saturated rings. The number of hydrogen-bond donors (Lipinski definition) is 1. The number of sulfonamides is 1. The van der Waals surface area contributed by atoms with Gasteiger partial charge in [-0.15, -0.1) is 0 Å². The number of aryl methyl sites for hydroxylation is 1. The molecule has 0 aromatic heterocycles. The van der Waals surface area contributed by atoms with E-state index in [0.29, 0.717) is 6.07 Å². The molecule has 0 bridgehead atoms. The molecule has 2 aromatic rings. The lowest BCUT2D eigenvalue weighted by Crippen LogP contribution is -2.24. The maximum atomic E-state index is 13.5. The fourth-order valence-electron chi connectivity index (χ4n) is 1.76. The van der Waals surface area contributed by atoms with Crippen molar-refractivity contribution in [1.29, 1.82) is 0 Å². The number of hydrogen-bond acceptors (Lipinski definition) is 2. The van der Waals surface area contributed by atoms with Crippen LogP contribution in [-0.2, 0) is 16.6 Å². The molecule has 2 aromatic carbocycles. The summed E-state index contributed by atoms with van der Waals surface area (Å²) in [5.74, 6) is -1.79. The molecule has 0 heterocycles. The monoisotopic (exact) mass is 297 g/mol. The van der Waals surface area contributed by atoms with E-state index < -0.39 is 26.6 Å². The molecule has 3 nitrogen and oxygen atoms in total. The van der Waals surface area contributed by atoms with Gasteiger partial charge in [-0.05, 0) is 30.7 Å². The predicted molar refractivity (Wildman–Crippen MR) is 71.6 cm³/mol. The van der Waals surface area contributed by atoms with E-state index in [4.69, 9.17) is 0 Å². The van der Waals surface area contributed by atoms with E-state index in [2.05, 4.69) is 4.72 Å². The predicted octanol–water partition coefficient (Wildman–Crippen LogP) is 2.75. The fourth-order valence-corrected chi connectivity index (χ4v) is 2.87. The largest absolute Gasteiger partial charge is 0.243 e. The van der Waals surface area contributed by atoms with Gasteiger partial charge in [-0.1, -0.05) is 29.8 Å². The van der Waals surface area contributed by atoms with Crippen molar-refractivity contribution < 1.29 is 17.2 Å². The van der Waals surface area contributed by atoms with Crippen LogP contribution in [0.5, 0.6) is 0 Å². The van der Waals surface area contributed by atoms with Crippen molar-refractivity contribution in [3.05, 3.63) is 65.2 Å². The molecule has 1 N–H and O–H groups in total. The van der Waals surface area contributed by atoms with Crippen LogP contribution in [0.4, 0.5) is 8.78 Å². The number of benzene rings is 2. The van der Waals surface area contributed by atoms with Crippen LogP contribution in [-0.4, -0.2) is 8.42 Å². The van der Waals surface area contributed by atoms with Crippen molar-refractivity contribution in [1.82, 2.24) is 4.72 Å². The Morgan fingerprint density at radius 3 is 2.55 bits per heavy atom. The highest BCUT2D eigenvalue weighted by atomic mass is 32.2. The van der Waals surface area contributed by atoms with Crippen LogP contribution in [0.15, 0.2) is 47.4 Å². The van der Waals surface area contributed by atoms with Gasteiger partial charge in [0.2, 0.25) is 10.0 Å². The van der Waals surface area contributed by atoms with Gasteiger partial charge in [0.15, 0.2) is 0 Å². The highest BCUT2D eigenvalue weighted by molar-refractivity contribution is 7.89. The van der Waals surface area contributed by atoms with E-state index in [0.717, 1.165) is 23.3 Å². The number of halogens is 2. The standard InChI is InChI=1S/C14H13F2NO2S/c1-10-3-2-4-11(7-10)9-17-20(18,19)14-8-12(15)5-6-13(14)16/h2-8,17H,9H2,1H3. The third kappa shape index (κ3) is 3.40. The summed E-state index contributed by atoms with van der Waals surface area (Å²) < 4.78 is 52.6. The van der Waals surface area contributed by atoms with Gasteiger partial charge in [0.25, 0.3) is 0 Å². The van der Waals surface area contributed by atoms with Crippen LogP contribution >= 0.6 is 0 Å².